The molecule has 1 aliphatic heterocycles. The van der Waals surface area contributed by atoms with Gasteiger partial charge in [-0.2, -0.15) is 0 Å². The molecule has 0 saturated carbocycles. The van der Waals surface area contributed by atoms with Crippen molar-refractivity contribution in [3.05, 3.63) is 34.9 Å². The Labute approximate surface area is 98.4 Å². The summed E-state index contributed by atoms with van der Waals surface area (Å²) in [7, 11) is 0. The van der Waals surface area contributed by atoms with Crippen LogP contribution in [-0.2, 0) is 6.54 Å². The quantitative estimate of drug-likeness (QED) is 0.825. The van der Waals surface area contributed by atoms with Gasteiger partial charge in [0.15, 0.2) is 0 Å². The van der Waals surface area contributed by atoms with Crippen molar-refractivity contribution in [2.24, 2.45) is 5.73 Å². The standard InChI is InChI=1S/C14H22N2/c1-11-6-12(2)8-13(7-11)9-16-5-3-4-14(15)10-16/h6-8,14H,3-5,9-10,15H2,1-2H3/t14-/m1/s1. The number of hydrogen-bond acceptors (Lipinski definition) is 2. The molecule has 0 spiro atoms. The zero-order valence-corrected chi connectivity index (χ0v) is 10.4. The molecule has 1 fully saturated rings. The Morgan fingerprint density at radius 3 is 2.56 bits per heavy atom. The van der Waals surface area contributed by atoms with Crippen molar-refractivity contribution in [3.63, 3.8) is 0 Å². The van der Waals surface area contributed by atoms with Crippen molar-refractivity contribution in [2.75, 3.05) is 13.1 Å². The molecule has 1 atom stereocenters. The average molecular weight is 218 g/mol. The fraction of sp³-hybridized carbons (Fsp3) is 0.571. The van der Waals surface area contributed by atoms with Gasteiger partial charge < -0.3 is 5.73 Å². The third-order valence-corrected chi connectivity index (χ3v) is 3.23. The number of piperidine rings is 1. The van der Waals surface area contributed by atoms with Gasteiger partial charge in [0.25, 0.3) is 0 Å². The fourth-order valence-corrected chi connectivity index (χ4v) is 2.65. The predicted octanol–water partition coefficient (Wildman–Crippen LogP) is 2.23. The van der Waals surface area contributed by atoms with Crippen LogP contribution < -0.4 is 5.73 Å². The van der Waals surface area contributed by atoms with Crippen molar-refractivity contribution < 1.29 is 0 Å². The highest BCUT2D eigenvalue weighted by Crippen LogP contribution is 2.15. The van der Waals surface area contributed by atoms with Crippen LogP contribution in [0, 0.1) is 13.8 Å². The minimum Gasteiger partial charge on any atom is -0.327 e. The van der Waals surface area contributed by atoms with Gasteiger partial charge in [0, 0.05) is 19.1 Å². The fourth-order valence-electron chi connectivity index (χ4n) is 2.65. The van der Waals surface area contributed by atoms with E-state index in [0.29, 0.717) is 6.04 Å². The monoisotopic (exact) mass is 218 g/mol. The summed E-state index contributed by atoms with van der Waals surface area (Å²) in [5, 5.41) is 0. The van der Waals surface area contributed by atoms with Crippen molar-refractivity contribution in [3.8, 4) is 0 Å². The Kier molecular flexibility index (Phi) is 3.62. The molecule has 0 radical (unpaired) electrons. The largest absolute Gasteiger partial charge is 0.327 e. The molecular weight excluding hydrogens is 196 g/mol. The summed E-state index contributed by atoms with van der Waals surface area (Å²) in [6, 6.07) is 7.17. The van der Waals surface area contributed by atoms with Gasteiger partial charge in [0.2, 0.25) is 0 Å². The Morgan fingerprint density at radius 2 is 1.94 bits per heavy atom. The topological polar surface area (TPSA) is 29.3 Å². The molecule has 1 aliphatic rings. The normalized spacial score (nSPS) is 22.3. The maximum absolute atomic E-state index is 6.00. The smallest absolute Gasteiger partial charge is 0.0234 e. The van der Waals surface area contributed by atoms with Gasteiger partial charge in [-0.3, -0.25) is 4.90 Å². The zero-order valence-electron chi connectivity index (χ0n) is 10.4. The summed E-state index contributed by atoms with van der Waals surface area (Å²) in [5.41, 5.74) is 10.1. The average Bonchev–Trinajstić information content (AvgIpc) is 2.15. The maximum Gasteiger partial charge on any atom is 0.0234 e. The summed E-state index contributed by atoms with van der Waals surface area (Å²) < 4.78 is 0. The van der Waals surface area contributed by atoms with E-state index in [2.05, 4.69) is 36.9 Å². The second-order valence-electron chi connectivity index (χ2n) is 5.13. The maximum atomic E-state index is 6.00. The zero-order chi connectivity index (χ0) is 11.5. The molecule has 2 nitrogen and oxygen atoms in total. The minimum absolute atomic E-state index is 0.375. The van der Waals surface area contributed by atoms with Crippen LogP contribution >= 0.6 is 0 Å². The second kappa shape index (κ2) is 4.98. The van der Waals surface area contributed by atoms with E-state index in [0.717, 1.165) is 13.1 Å². The van der Waals surface area contributed by atoms with E-state index in [1.54, 1.807) is 0 Å². The first-order valence-corrected chi connectivity index (χ1v) is 6.18. The SMILES string of the molecule is Cc1cc(C)cc(CN2CCC[C@@H](N)C2)c1. The predicted molar refractivity (Wildman–Crippen MR) is 68.4 cm³/mol. The number of nitrogens with two attached hydrogens (primary N) is 1. The number of nitrogens with zero attached hydrogens (tertiary/aromatic N) is 1. The second-order valence-corrected chi connectivity index (χ2v) is 5.13. The molecule has 0 bridgehead atoms. The van der Waals surface area contributed by atoms with Gasteiger partial charge in [-0.1, -0.05) is 29.3 Å². The number of aryl methyl sites for hydroxylation is 2. The van der Waals surface area contributed by atoms with Crippen LogP contribution in [-0.4, -0.2) is 24.0 Å². The molecule has 0 unspecified atom stereocenters. The summed E-state index contributed by atoms with van der Waals surface area (Å²) in [6.45, 7) is 7.63. The molecule has 2 N–H and O–H groups in total. The van der Waals surface area contributed by atoms with Gasteiger partial charge in [0.05, 0.1) is 0 Å². The number of hydrogen-bond donors (Lipinski definition) is 1. The lowest BCUT2D eigenvalue weighted by molar-refractivity contribution is 0.201. The van der Waals surface area contributed by atoms with Gasteiger partial charge in [-0.25, -0.2) is 0 Å². The van der Waals surface area contributed by atoms with Crippen LogP contribution in [0.5, 0.6) is 0 Å². The molecule has 0 aromatic heterocycles. The molecule has 16 heavy (non-hydrogen) atoms. The van der Waals surface area contributed by atoms with Crippen molar-refractivity contribution in [1.29, 1.82) is 0 Å². The first-order valence-electron chi connectivity index (χ1n) is 6.18. The molecule has 0 aliphatic carbocycles. The lowest BCUT2D eigenvalue weighted by atomic mass is 10.0. The minimum atomic E-state index is 0.375. The van der Waals surface area contributed by atoms with Crippen LogP contribution in [0.1, 0.15) is 29.5 Å². The molecule has 1 aromatic carbocycles. The lowest BCUT2D eigenvalue weighted by Crippen LogP contribution is -2.42. The molecule has 2 rings (SSSR count). The first kappa shape index (κ1) is 11.6. The third-order valence-electron chi connectivity index (χ3n) is 3.23. The molecule has 2 heteroatoms. The number of benzene rings is 1. The van der Waals surface area contributed by atoms with Gasteiger partial charge in [-0.15, -0.1) is 0 Å². The number of rotatable bonds is 2. The van der Waals surface area contributed by atoms with E-state index in [4.69, 9.17) is 5.73 Å². The van der Waals surface area contributed by atoms with Crippen LogP contribution in [0.3, 0.4) is 0 Å². The Bertz CT molecular complexity index is 340. The van der Waals surface area contributed by atoms with Gasteiger partial charge >= 0.3 is 0 Å². The van der Waals surface area contributed by atoms with Crippen LogP contribution in [0.4, 0.5) is 0 Å². The lowest BCUT2D eigenvalue weighted by Gasteiger charge is -2.30. The van der Waals surface area contributed by atoms with Crippen molar-refractivity contribution in [1.82, 2.24) is 4.90 Å². The highest BCUT2D eigenvalue weighted by molar-refractivity contribution is 5.28. The van der Waals surface area contributed by atoms with E-state index in [9.17, 15) is 0 Å². The van der Waals surface area contributed by atoms with Gasteiger partial charge in [-0.05, 0) is 38.8 Å². The molecule has 0 amide bonds. The van der Waals surface area contributed by atoms with E-state index >= 15 is 0 Å². The van der Waals surface area contributed by atoms with E-state index in [-0.39, 0.29) is 0 Å². The molecule has 1 heterocycles. The molecule has 1 aromatic rings. The first-order chi connectivity index (χ1) is 7.63. The summed E-state index contributed by atoms with van der Waals surface area (Å²) >= 11 is 0. The summed E-state index contributed by atoms with van der Waals surface area (Å²) in [5.74, 6) is 0. The van der Waals surface area contributed by atoms with E-state index < -0.39 is 0 Å². The van der Waals surface area contributed by atoms with E-state index in [1.807, 2.05) is 0 Å². The van der Waals surface area contributed by atoms with Crippen molar-refractivity contribution >= 4 is 0 Å². The molecule has 1 saturated heterocycles. The van der Waals surface area contributed by atoms with Gasteiger partial charge in [0.1, 0.15) is 0 Å². The Hall–Kier alpha value is -0.860. The van der Waals surface area contributed by atoms with Crippen molar-refractivity contribution in [2.45, 2.75) is 39.3 Å². The molecule has 88 valence electrons. The Morgan fingerprint density at radius 1 is 1.25 bits per heavy atom. The van der Waals surface area contributed by atoms with Crippen LogP contribution in [0.2, 0.25) is 0 Å². The summed E-state index contributed by atoms with van der Waals surface area (Å²) in [6.07, 6.45) is 2.43. The molecular formula is C14H22N2. The van der Waals surface area contributed by atoms with Crippen LogP contribution in [0.25, 0.3) is 0 Å². The Balaban J connectivity index is 2.02. The highest BCUT2D eigenvalue weighted by atomic mass is 15.1. The highest BCUT2D eigenvalue weighted by Gasteiger charge is 2.16. The third kappa shape index (κ3) is 3.06. The van der Waals surface area contributed by atoms with Crippen LogP contribution in [0.15, 0.2) is 18.2 Å². The van der Waals surface area contributed by atoms with E-state index in [1.165, 1.54) is 36.1 Å². The number of likely N-dealkylation sites (tertiary alicyclic amines) is 1. The summed E-state index contributed by atoms with van der Waals surface area (Å²) in [4.78, 5) is 2.47.